The van der Waals surface area contributed by atoms with Crippen LogP contribution in [0.4, 0.5) is 5.82 Å². The van der Waals surface area contributed by atoms with Gasteiger partial charge in [0.1, 0.15) is 5.82 Å². The molecule has 0 spiro atoms. The molecule has 2 aromatic rings. The van der Waals surface area contributed by atoms with Gasteiger partial charge in [-0.1, -0.05) is 23.9 Å². The number of aromatic nitrogens is 2. The molecular formula is C21H28N4O2S. The molecule has 0 unspecified atom stereocenters. The summed E-state index contributed by atoms with van der Waals surface area (Å²) in [5.74, 6) is 1.80. The lowest BCUT2D eigenvalue weighted by atomic mass is 10.1. The van der Waals surface area contributed by atoms with Crippen LogP contribution in [-0.4, -0.2) is 54.6 Å². The summed E-state index contributed by atoms with van der Waals surface area (Å²) < 4.78 is 5.27. The molecule has 1 aromatic heterocycles. The molecule has 7 heteroatoms. The average Bonchev–Trinajstić information content (AvgIpc) is 3.26. The predicted molar refractivity (Wildman–Crippen MR) is 113 cm³/mol. The lowest BCUT2D eigenvalue weighted by molar-refractivity contribution is 0.0802. The first-order valence-corrected chi connectivity index (χ1v) is 10.7. The first-order chi connectivity index (χ1) is 13.6. The van der Waals surface area contributed by atoms with Crippen molar-refractivity contribution in [3.63, 3.8) is 0 Å². The summed E-state index contributed by atoms with van der Waals surface area (Å²) in [6, 6.07) is 9.82. The average molecular weight is 401 g/mol. The Bertz CT molecular complexity index is 791. The Morgan fingerprint density at radius 2 is 1.93 bits per heavy atom. The molecule has 0 bridgehead atoms. The molecule has 1 fully saturated rings. The largest absolute Gasteiger partial charge is 0.378 e. The summed E-state index contributed by atoms with van der Waals surface area (Å²) in [5, 5.41) is 0.766. The number of hydrogen-bond donors (Lipinski definition) is 0. The number of carbonyl (C=O) groups is 1. The predicted octanol–water partition coefficient (Wildman–Crippen LogP) is 3.61. The van der Waals surface area contributed by atoms with Crippen molar-refractivity contribution in [1.82, 2.24) is 14.9 Å². The van der Waals surface area contributed by atoms with E-state index in [1.807, 2.05) is 44.3 Å². The monoisotopic (exact) mass is 400 g/mol. The second-order valence-electron chi connectivity index (χ2n) is 6.93. The second-order valence-corrected chi connectivity index (χ2v) is 7.87. The maximum absolute atomic E-state index is 12.2. The van der Waals surface area contributed by atoms with Gasteiger partial charge >= 0.3 is 0 Å². The molecule has 1 aromatic carbocycles. The number of ether oxygens (including phenoxy) is 1. The van der Waals surface area contributed by atoms with Gasteiger partial charge in [0.05, 0.1) is 12.3 Å². The number of methoxy groups -OCH3 is 1. The summed E-state index contributed by atoms with van der Waals surface area (Å²) in [7, 11) is 3.50. The summed E-state index contributed by atoms with van der Waals surface area (Å²) in [6.45, 7) is 5.26. The lowest BCUT2D eigenvalue weighted by Crippen LogP contribution is -2.26. The minimum Gasteiger partial charge on any atom is -0.378 e. The quantitative estimate of drug-likeness (QED) is 0.498. The van der Waals surface area contributed by atoms with Crippen LogP contribution in [0.1, 0.15) is 41.4 Å². The normalized spacial score (nSPS) is 13.8. The number of rotatable bonds is 8. The zero-order chi connectivity index (χ0) is 19.9. The molecule has 2 heterocycles. The van der Waals surface area contributed by atoms with Gasteiger partial charge in [-0.05, 0) is 37.5 Å². The van der Waals surface area contributed by atoms with Crippen molar-refractivity contribution in [2.24, 2.45) is 0 Å². The van der Waals surface area contributed by atoms with Crippen molar-refractivity contribution in [2.45, 2.75) is 37.3 Å². The van der Waals surface area contributed by atoms with Crippen LogP contribution in [-0.2, 0) is 17.1 Å². The van der Waals surface area contributed by atoms with Gasteiger partial charge in [-0.3, -0.25) is 4.79 Å². The van der Waals surface area contributed by atoms with Gasteiger partial charge in [0.15, 0.2) is 5.16 Å². The van der Waals surface area contributed by atoms with Gasteiger partial charge in [0.25, 0.3) is 5.91 Å². The minimum absolute atomic E-state index is 0.0487. The van der Waals surface area contributed by atoms with Gasteiger partial charge in [0, 0.05) is 51.2 Å². The Morgan fingerprint density at radius 1 is 1.21 bits per heavy atom. The zero-order valence-corrected chi connectivity index (χ0v) is 17.7. The van der Waals surface area contributed by atoms with E-state index >= 15 is 0 Å². The molecule has 1 amide bonds. The number of benzene rings is 1. The van der Waals surface area contributed by atoms with Gasteiger partial charge in [0.2, 0.25) is 0 Å². The zero-order valence-electron chi connectivity index (χ0n) is 16.9. The first kappa shape index (κ1) is 20.6. The smallest absolute Gasteiger partial charge is 0.253 e. The first-order valence-electron chi connectivity index (χ1n) is 9.69. The van der Waals surface area contributed by atoms with E-state index in [1.165, 1.54) is 12.8 Å². The van der Waals surface area contributed by atoms with E-state index in [9.17, 15) is 4.79 Å². The van der Waals surface area contributed by atoms with E-state index in [0.29, 0.717) is 18.7 Å². The number of hydrogen-bond acceptors (Lipinski definition) is 6. The number of thioether (sulfide) groups is 1. The Hall–Kier alpha value is -2.12. The van der Waals surface area contributed by atoms with Crippen molar-refractivity contribution < 1.29 is 9.53 Å². The number of nitrogens with zero attached hydrogens (tertiary/aromatic N) is 4. The fourth-order valence-electron chi connectivity index (χ4n) is 3.11. The molecule has 1 aliphatic heterocycles. The van der Waals surface area contributed by atoms with Crippen LogP contribution in [0.15, 0.2) is 35.5 Å². The molecule has 0 saturated carbocycles. The van der Waals surface area contributed by atoms with Crippen molar-refractivity contribution in [3.05, 3.63) is 47.2 Å². The summed E-state index contributed by atoms with van der Waals surface area (Å²) in [5.41, 5.74) is 2.77. The molecule has 0 radical (unpaired) electrons. The topological polar surface area (TPSA) is 58.6 Å². The molecule has 1 saturated heterocycles. The van der Waals surface area contributed by atoms with E-state index in [2.05, 4.69) is 9.88 Å². The Morgan fingerprint density at radius 3 is 2.57 bits per heavy atom. The molecule has 0 atom stereocenters. The third-order valence-corrected chi connectivity index (χ3v) is 5.78. The molecule has 6 nitrogen and oxygen atoms in total. The van der Waals surface area contributed by atoms with Crippen LogP contribution in [0.2, 0.25) is 0 Å². The highest BCUT2D eigenvalue weighted by atomic mass is 32.2. The van der Waals surface area contributed by atoms with Crippen LogP contribution < -0.4 is 4.90 Å². The van der Waals surface area contributed by atoms with Crippen LogP contribution >= 0.6 is 11.8 Å². The number of anilines is 1. The summed E-state index contributed by atoms with van der Waals surface area (Å²) >= 11 is 1.61. The highest BCUT2D eigenvalue weighted by Crippen LogP contribution is 2.25. The van der Waals surface area contributed by atoms with Crippen LogP contribution in [0.3, 0.4) is 0 Å². The molecule has 3 rings (SSSR count). The van der Waals surface area contributed by atoms with E-state index in [-0.39, 0.29) is 5.91 Å². The number of amides is 1. The van der Waals surface area contributed by atoms with E-state index in [4.69, 9.17) is 9.72 Å². The SMILES string of the molecule is CCN(C)C(=O)c1ccc(CSc2nc(COC)cc(N3CCCC3)n2)cc1. The van der Waals surface area contributed by atoms with E-state index in [1.54, 1.807) is 23.8 Å². The summed E-state index contributed by atoms with van der Waals surface area (Å²) in [6.07, 6.45) is 2.43. The van der Waals surface area contributed by atoms with Gasteiger partial charge < -0.3 is 14.5 Å². The molecule has 0 aliphatic carbocycles. The second kappa shape index (κ2) is 9.89. The molecule has 0 N–H and O–H groups in total. The molecule has 150 valence electrons. The Labute approximate surface area is 171 Å². The van der Waals surface area contributed by atoms with Crippen LogP contribution in [0, 0.1) is 0 Å². The van der Waals surface area contributed by atoms with E-state index in [0.717, 1.165) is 41.1 Å². The Balaban J connectivity index is 1.68. The fourth-order valence-corrected chi connectivity index (χ4v) is 3.94. The van der Waals surface area contributed by atoms with Crippen molar-refractivity contribution in [1.29, 1.82) is 0 Å². The van der Waals surface area contributed by atoms with Gasteiger partial charge in [-0.2, -0.15) is 0 Å². The van der Waals surface area contributed by atoms with Crippen LogP contribution in [0.25, 0.3) is 0 Å². The molecule has 1 aliphatic rings. The summed E-state index contributed by atoms with van der Waals surface area (Å²) in [4.78, 5) is 25.6. The lowest BCUT2D eigenvalue weighted by Gasteiger charge is -2.18. The van der Waals surface area contributed by atoms with Crippen molar-refractivity contribution >= 4 is 23.5 Å². The van der Waals surface area contributed by atoms with Gasteiger partial charge in [-0.15, -0.1) is 0 Å². The van der Waals surface area contributed by atoms with Crippen LogP contribution in [0.5, 0.6) is 0 Å². The van der Waals surface area contributed by atoms with Crippen molar-refractivity contribution in [3.8, 4) is 0 Å². The third kappa shape index (κ3) is 5.23. The maximum Gasteiger partial charge on any atom is 0.253 e. The number of carbonyl (C=O) groups excluding carboxylic acids is 1. The molecule has 28 heavy (non-hydrogen) atoms. The maximum atomic E-state index is 12.2. The van der Waals surface area contributed by atoms with Gasteiger partial charge in [-0.25, -0.2) is 9.97 Å². The Kier molecular flexibility index (Phi) is 7.28. The van der Waals surface area contributed by atoms with E-state index < -0.39 is 0 Å². The third-order valence-electron chi connectivity index (χ3n) is 4.86. The van der Waals surface area contributed by atoms with Crippen molar-refractivity contribution in [2.75, 3.05) is 38.7 Å². The molecular weight excluding hydrogens is 372 g/mol. The standard InChI is InChI=1S/C21H28N4O2S/c1-4-24(2)20(26)17-9-7-16(8-10-17)15-28-21-22-18(14-27-3)13-19(23-21)25-11-5-6-12-25/h7-10,13H,4-6,11-12,14-15H2,1-3H3. The fraction of sp³-hybridized carbons (Fsp3) is 0.476. The highest BCUT2D eigenvalue weighted by Gasteiger charge is 2.16. The minimum atomic E-state index is 0.0487. The highest BCUT2D eigenvalue weighted by molar-refractivity contribution is 7.98.